The van der Waals surface area contributed by atoms with Gasteiger partial charge in [0, 0.05) is 16.1 Å². The van der Waals surface area contributed by atoms with E-state index < -0.39 is 0 Å². The van der Waals surface area contributed by atoms with Crippen LogP contribution in [0.2, 0.25) is 0 Å². The number of nitrogens with two attached hydrogens (primary N) is 2. The molecule has 1 atom stereocenters. The summed E-state index contributed by atoms with van der Waals surface area (Å²) in [7, 11) is 0. The van der Waals surface area contributed by atoms with Crippen molar-refractivity contribution >= 4 is 21.7 Å². The maximum atomic E-state index is 5.87. The molecule has 13 heavy (non-hydrogen) atoms. The Labute approximate surface area is 86.7 Å². The molecule has 0 aliphatic heterocycles. The second-order valence-electron chi connectivity index (χ2n) is 3.04. The van der Waals surface area contributed by atoms with Gasteiger partial charge in [-0.15, -0.1) is 0 Å². The first-order chi connectivity index (χ1) is 6.06. The van der Waals surface area contributed by atoms with Gasteiger partial charge >= 0.3 is 0 Å². The van der Waals surface area contributed by atoms with Crippen LogP contribution in [0.3, 0.4) is 0 Å². The van der Waals surface area contributed by atoms with Gasteiger partial charge in [0.15, 0.2) is 0 Å². The van der Waals surface area contributed by atoms with Gasteiger partial charge in [-0.25, -0.2) is 4.98 Å². The van der Waals surface area contributed by atoms with Gasteiger partial charge in [0.1, 0.15) is 5.82 Å². The van der Waals surface area contributed by atoms with Crippen molar-refractivity contribution in [3.05, 3.63) is 21.8 Å². The van der Waals surface area contributed by atoms with Gasteiger partial charge < -0.3 is 11.5 Å². The Bertz CT molecular complexity index is 312. The van der Waals surface area contributed by atoms with E-state index in [-0.39, 0.29) is 6.04 Å². The van der Waals surface area contributed by atoms with Gasteiger partial charge in [0.05, 0.1) is 5.69 Å². The van der Waals surface area contributed by atoms with E-state index in [0.717, 1.165) is 22.2 Å². The molecule has 1 heterocycles. The van der Waals surface area contributed by atoms with Crippen LogP contribution in [-0.2, 0) is 0 Å². The van der Waals surface area contributed by atoms with Gasteiger partial charge in [0.25, 0.3) is 0 Å². The molecule has 3 nitrogen and oxygen atoms in total. The van der Waals surface area contributed by atoms with E-state index in [2.05, 4.69) is 20.9 Å². The van der Waals surface area contributed by atoms with E-state index in [1.54, 1.807) is 0 Å². The molecule has 0 saturated heterocycles. The number of nitrogen functional groups attached to an aromatic ring is 1. The topological polar surface area (TPSA) is 64.9 Å². The number of anilines is 1. The van der Waals surface area contributed by atoms with Crippen molar-refractivity contribution in [3.8, 4) is 0 Å². The molecular formula is C9H14BrN3. The van der Waals surface area contributed by atoms with E-state index in [1.807, 2.05) is 19.9 Å². The molecule has 0 amide bonds. The number of aryl methyl sites for hydroxylation is 1. The molecule has 0 aliphatic carbocycles. The summed E-state index contributed by atoms with van der Waals surface area (Å²) >= 11 is 3.40. The summed E-state index contributed by atoms with van der Waals surface area (Å²) in [5, 5.41) is 0. The van der Waals surface area contributed by atoms with Crippen molar-refractivity contribution in [1.82, 2.24) is 4.98 Å². The molecule has 4 heteroatoms. The number of aromatic nitrogens is 1. The van der Waals surface area contributed by atoms with Crippen molar-refractivity contribution in [1.29, 1.82) is 0 Å². The lowest BCUT2D eigenvalue weighted by molar-refractivity contribution is 0.697. The molecule has 0 aliphatic rings. The van der Waals surface area contributed by atoms with Crippen LogP contribution < -0.4 is 11.5 Å². The zero-order chi connectivity index (χ0) is 10.0. The minimum Gasteiger partial charge on any atom is -0.383 e. The normalized spacial score (nSPS) is 12.9. The minimum atomic E-state index is -0.0237. The van der Waals surface area contributed by atoms with E-state index in [1.165, 1.54) is 0 Å². The number of hydrogen-bond donors (Lipinski definition) is 2. The third kappa shape index (κ3) is 2.19. The largest absolute Gasteiger partial charge is 0.383 e. The lowest BCUT2D eigenvalue weighted by Gasteiger charge is -2.12. The molecule has 1 aromatic rings. The average Bonchev–Trinajstić information content (AvgIpc) is 2.10. The highest BCUT2D eigenvalue weighted by Crippen LogP contribution is 2.25. The molecule has 0 saturated carbocycles. The number of hydrogen-bond acceptors (Lipinski definition) is 3. The average molecular weight is 244 g/mol. The van der Waals surface area contributed by atoms with Crippen LogP contribution in [0.4, 0.5) is 5.82 Å². The molecule has 0 unspecified atom stereocenters. The summed E-state index contributed by atoms with van der Waals surface area (Å²) in [6.07, 6.45) is 0.862. The number of halogens is 1. The van der Waals surface area contributed by atoms with Crippen molar-refractivity contribution in [2.75, 3.05) is 5.73 Å². The van der Waals surface area contributed by atoms with Crippen molar-refractivity contribution in [2.45, 2.75) is 26.3 Å². The Balaban J connectivity index is 3.15. The van der Waals surface area contributed by atoms with Crippen LogP contribution in [0.15, 0.2) is 10.5 Å². The zero-order valence-electron chi connectivity index (χ0n) is 7.84. The van der Waals surface area contributed by atoms with Gasteiger partial charge in [0.2, 0.25) is 0 Å². The highest BCUT2D eigenvalue weighted by Gasteiger charge is 2.10. The van der Waals surface area contributed by atoms with Crippen LogP contribution in [0.25, 0.3) is 0 Å². The van der Waals surface area contributed by atoms with Gasteiger partial charge in [-0.1, -0.05) is 6.92 Å². The van der Waals surface area contributed by atoms with Crippen molar-refractivity contribution < 1.29 is 0 Å². The standard InChI is InChI=1S/C9H14BrN3/c1-3-8(11)6-4-7(10)5(2)13-9(6)12/h4,8H,3,11H2,1-2H3,(H2,12,13)/t8-/m0/s1. The van der Waals surface area contributed by atoms with Crippen LogP contribution in [0.1, 0.15) is 30.6 Å². The van der Waals surface area contributed by atoms with Gasteiger partial charge in [-0.05, 0) is 35.3 Å². The fourth-order valence-corrected chi connectivity index (χ4v) is 1.47. The second kappa shape index (κ2) is 4.07. The number of nitrogens with zero attached hydrogens (tertiary/aromatic N) is 1. The predicted molar refractivity (Wildman–Crippen MR) is 58.3 cm³/mol. The summed E-state index contributed by atoms with van der Waals surface area (Å²) in [6, 6.07) is 1.93. The van der Waals surface area contributed by atoms with Crippen LogP contribution in [0.5, 0.6) is 0 Å². The van der Waals surface area contributed by atoms with Gasteiger partial charge in [-0.2, -0.15) is 0 Å². The lowest BCUT2D eigenvalue weighted by Crippen LogP contribution is -2.12. The summed E-state index contributed by atoms with van der Waals surface area (Å²) in [5.41, 5.74) is 13.4. The third-order valence-corrected chi connectivity index (χ3v) is 2.85. The SMILES string of the molecule is CC[C@H](N)c1cc(Br)c(C)nc1N. The summed E-state index contributed by atoms with van der Waals surface area (Å²) < 4.78 is 0.959. The molecule has 1 rings (SSSR count). The van der Waals surface area contributed by atoms with E-state index >= 15 is 0 Å². The molecule has 0 radical (unpaired) electrons. The Hall–Kier alpha value is -0.610. The van der Waals surface area contributed by atoms with E-state index in [0.29, 0.717) is 5.82 Å². The highest BCUT2D eigenvalue weighted by molar-refractivity contribution is 9.10. The first-order valence-corrected chi connectivity index (χ1v) is 5.03. The molecule has 1 aromatic heterocycles. The first-order valence-electron chi connectivity index (χ1n) is 4.24. The lowest BCUT2D eigenvalue weighted by atomic mass is 10.1. The van der Waals surface area contributed by atoms with Crippen LogP contribution in [0, 0.1) is 6.92 Å². The minimum absolute atomic E-state index is 0.0237. The zero-order valence-corrected chi connectivity index (χ0v) is 9.43. The molecule has 4 N–H and O–H groups in total. The fraction of sp³-hybridized carbons (Fsp3) is 0.444. The van der Waals surface area contributed by atoms with Crippen molar-refractivity contribution in [2.24, 2.45) is 5.73 Å². The highest BCUT2D eigenvalue weighted by atomic mass is 79.9. The summed E-state index contributed by atoms with van der Waals surface area (Å²) in [4.78, 5) is 4.19. The quantitative estimate of drug-likeness (QED) is 0.837. The van der Waals surface area contributed by atoms with Crippen molar-refractivity contribution in [3.63, 3.8) is 0 Å². The predicted octanol–water partition coefficient (Wildman–Crippen LogP) is 2.14. The molecule has 0 aromatic carbocycles. The Morgan fingerprint density at radius 2 is 2.23 bits per heavy atom. The third-order valence-electron chi connectivity index (χ3n) is 2.05. The fourth-order valence-electron chi connectivity index (χ4n) is 1.13. The Morgan fingerprint density at radius 1 is 1.62 bits per heavy atom. The van der Waals surface area contributed by atoms with Gasteiger partial charge in [-0.3, -0.25) is 0 Å². The molecular weight excluding hydrogens is 230 g/mol. The first kappa shape index (κ1) is 10.5. The number of pyridine rings is 1. The maximum absolute atomic E-state index is 5.87. The van der Waals surface area contributed by atoms with E-state index in [9.17, 15) is 0 Å². The van der Waals surface area contributed by atoms with E-state index in [4.69, 9.17) is 11.5 Å². The second-order valence-corrected chi connectivity index (χ2v) is 3.90. The summed E-state index contributed by atoms with van der Waals surface area (Å²) in [5.74, 6) is 0.537. The summed E-state index contributed by atoms with van der Waals surface area (Å²) in [6.45, 7) is 3.93. The smallest absolute Gasteiger partial charge is 0.128 e. The maximum Gasteiger partial charge on any atom is 0.128 e. The van der Waals surface area contributed by atoms with Crippen LogP contribution >= 0.6 is 15.9 Å². The molecule has 0 fully saturated rings. The Morgan fingerprint density at radius 3 is 2.77 bits per heavy atom. The number of rotatable bonds is 2. The molecule has 72 valence electrons. The molecule has 0 bridgehead atoms. The van der Waals surface area contributed by atoms with Crippen LogP contribution in [-0.4, -0.2) is 4.98 Å². The Kier molecular flexibility index (Phi) is 3.27. The monoisotopic (exact) mass is 243 g/mol. The molecule has 0 spiro atoms.